The fourth-order valence-corrected chi connectivity index (χ4v) is 3.83. The molecule has 1 fully saturated rings. The monoisotopic (exact) mass is 429 g/mol. The molecule has 0 aromatic heterocycles. The van der Waals surface area contributed by atoms with Gasteiger partial charge in [-0.1, -0.05) is 13.8 Å². The number of hydrogen-bond acceptors (Lipinski definition) is 4. The molecule has 0 bridgehead atoms. The highest BCUT2D eigenvalue weighted by Crippen LogP contribution is 2.45. The van der Waals surface area contributed by atoms with Crippen LogP contribution >= 0.6 is 0 Å². The zero-order valence-corrected chi connectivity index (χ0v) is 17.1. The van der Waals surface area contributed by atoms with Gasteiger partial charge in [-0.2, -0.15) is 13.2 Å². The topological polar surface area (TPSA) is 98.7 Å². The van der Waals surface area contributed by atoms with Crippen molar-refractivity contribution in [3.05, 3.63) is 29.3 Å². The Balaban J connectivity index is 0.000000396. The molecule has 7 nitrogen and oxygen atoms in total. The first kappa shape index (κ1) is 23.7. The molecule has 2 amide bonds. The summed E-state index contributed by atoms with van der Waals surface area (Å²) < 4.78 is 31.7. The average Bonchev–Trinajstić information content (AvgIpc) is 2.93. The highest BCUT2D eigenvalue weighted by atomic mass is 19.4. The molecule has 3 N–H and O–H groups in total. The summed E-state index contributed by atoms with van der Waals surface area (Å²) in [5.74, 6) is -2.15. The van der Waals surface area contributed by atoms with Crippen molar-refractivity contribution >= 4 is 23.5 Å². The van der Waals surface area contributed by atoms with Gasteiger partial charge in [0.1, 0.15) is 0 Å². The van der Waals surface area contributed by atoms with Gasteiger partial charge in [0.25, 0.3) is 5.91 Å². The van der Waals surface area contributed by atoms with Gasteiger partial charge >= 0.3 is 12.1 Å². The number of nitrogens with zero attached hydrogens (tertiary/aromatic N) is 1. The van der Waals surface area contributed by atoms with Crippen LogP contribution in [-0.2, 0) is 15.0 Å². The van der Waals surface area contributed by atoms with E-state index in [1.165, 1.54) is 0 Å². The SMILES string of the molecule is CNC(=O)c1ccc2c(c1)C1(CCN(CC(C)C)CC1)C(=O)N2.O=C(O)C(F)(F)F. The molecule has 0 aliphatic carbocycles. The lowest BCUT2D eigenvalue weighted by atomic mass is 9.73. The zero-order chi connectivity index (χ0) is 22.7. The number of nitrogens with one attached hydrogen (secondary N) is 2. The van der Waals surface area contributed by atoms with Gasteiger partial charge in [0.05, 0.1) is 5.41 Å². The molecular formula is C20H26F3N3O4. The number of hydrogen-bond donors (Lipinski definition) is 3. The number of carbonyl (C=O) groups excluding carboxylic acids is 2. The van der Waals surface area contributed by atoms with E-state index in [0.717, 1.165) is 43.7 Å². The van der Waals surface area contributed by atoms with Gasteiger partial charge in [-0.15, -0.1) is 0 Å². The number of amides is 2. The van der Waals surface area contributed by atoms with Crippen LogP contribution in [0, 0.1) is 5.92 Å². The van der Waals surface area contributed by atoms with E-state index < -0.39 is 17.6 Å². The molecule has 2 aliphatic heterocycles. The molecule has 1 aromatic rings. The van der Waals surface area contributed by atoms with Crippen molar-refractivity contribution in [2.45, 2.75) is 38.3 Å². The van der Waals surface area contributed by atoms with Crippen LogP contribution in [0.2, 0.25) is 0 Å². The van der Waals surface area contributed by atoms with E-state index in [1.807, 2.05) is 12.1 Å². The van der Waals surface area contributed by atoms with Crippen molar-refractivity contribution in [2.75, 3.05) is 32.0 Å². The molecular weight excluding hydrogens is 403 g/mol. The zero-order valence-electron chi connectivity index (χ0n) is 17.1. The third-order valence-corrected chi connectivity index (χ3v) is 5.28. The first-order valence-corrected chi connectivity index (χ1v) is 9.61. The van der Waals surface area contributed by atoms with Crippen molar-refractivity contribution in [2.24, 2.45) is 5.92 Å². The number of rotatable bonds is 3. The summed E-state index contributed by atoms with van der Waals surface area (Å²) in [5, 5.41) is 12.8. The van der Waals surface area contributed by atoms with E-state index in [9.17, 15) is 22.8 Å². The molecule has 1 saturated heterocycles. The second-order valence-electron chi connectivity index (χ2n) is 7.87. The summed E-state index contributed by atoms with van der Waals surface area (Å²) in [6, 6.07) is 5.52. The van der Waals surface area contributed by atoms with Gasteiger partial charge in [0, 0.05) is 24.8 Å². The fraction of sp³-hybridized carbons (Fsp3) is 0.550. The second-order valence-corrected chi connectivity index (χ2v) is 7.87. The molecule has 1 spiro atoms. The minimum Gasteiger partial charge on any atom is -0.475 e. The molecule has 2 aliphatic rings. The lowest BCUT2D eigenvalue weighted by Gasteiger charge is -2.38. The predicted octanol–water partition coefficient (Wildman–Crippen LogP) is 2.62. The lowest BCUT2D eigenvalue weighted by molar-refractivity contribution is -0.192. The molecule has 1 aromatic carbocycles. The van der Waals surface area contributed by atoms with Gasteiger partial charge in [0.2, 0.25) is 5.91 Å². The minimum atomic E-state index is -5.08. The average molecular weight is 429 g/mol. The Hall–Kier alpha value is -2.62. The summed E-state index contributed by atoms with van der Waals surface area (Å²) in [6.45, 7) is 7.36. The number of benzene rings is 1. The van der Waals surface area contributed by atoms with Crippen molar-refractivity contribution < 1.29 is 32.7 Å². The van der Waals surface area contributed by atoms with Crippen LogP contribution in [-0.4, -0.2) is 60.6 Å². The number of fused-ring (bicyclic) bond motifs is 2. The number of aliphatic carboxylic acids is 1. The lowest BCUT2D eigenvalue weighted by Crippen LogP contribution is -2.47. The predicted molar refractivity (Wildman–Crippen MR) is 104 cm³/mol. The molecule has 166 valence electrons. The van der Waals surface area contributed by atoms with Gasteiger partial charge in [-0.25, -0.2) is 4.79 Å². The van der Waals surface area contributed by atoms with Crippen LogP contribution in [0.5, 0.6) is 0 Å². The highest BCUT2D eigenvalue weighted by Gasteiger charge is 2.48. The van der Waals surface area contributed by atoms with E-state index in [4.69, 9.17) is 9.90 Å². The van der Waals surface area contributed by atoms with Crippen LogP contribution in [0.25, 0.3) is 0 Å². The third-order valence-electron chi connectivity index (χ3n) is 5.28. The largest absolute Gasteiger partial charge is 0.490 e. The van der Waals surface area contributed by atoms with Gasteiger partial charge in [-0.3, -0.25) is 9.59 Å². The number of likely N-dealkylation sites (tertiary alicyclic amines) is 1. The van der Waals surface area contributed by atoms with Crippen molar-refractivity contribution in [1.29, 1.82) is 0 Å². The maximum Gasteiger partial charge on any atom is 0.490 e. The van der Waals surface area contributed by atoms with Crippen molar-refractivity contribution in [3.8, 4) is 0 Å². The molecule has 10 heteroatoms. The first-order chi connectivity index (χ1) is 13.9. The summed E-state index contributed by atoms with van der Waals surface area (Å²) in [4.78, 5) is 35.9. The third kappa shape index (κ3) is 5.10. The van der Waals surface area contributed by atoms with E-state index >= 15 is 0 Å². The van der Waals surface area contributed by atoms with E-state index in [0.29, 0.717) is 11.5 Å². The maximum atomic E-state index is 12.7. The first-order valence-electron chi connectivity index (χ1n) is 9.61. The smallest absolute Gasteiger partial charge is 0.475 e. The van der Waals surface area contributed by atoms with Crippen molar-refractivity contribution in [1.82, 2.24) is 10.2 Å². The van der Waals surface area contributed by atoms with Crippen LogP contribution < -0.4 is 10.6 Å². The van der Waals surface area contributed by atoms with Crippen molar-refractivity contribution in [3.63, 3.8) is 0 Å². The van der Waals surface area contributed by atoms with E-state index in [-0.39, 0.29) is 11.8 Å². The second kappa shape index (κ2) is 9.03. The molecule has 30 heavy (non-hydrogen) atoms. The molecule has 3 rings (SSSR count). The minimum absolute atomic E-state index is 0.0887. The van der Waals surface area contributed by atoms with Gasteiger partial charge in [-0.05, 0) is 55.6 Å². The Morgan fingerprint density at radius 1 is 1.27 bits per heavy atom. The van der Waals surface area contributed by atoms with E-state index in [1.54, 1.807) is 13.1 Å². The summed E-state index contributed by atoms with van der Waals surface area (Å²) in [5.41, 5.74) is 2.01. The quantitative estimate of drug-likeness (QED) is 0.686. The summed E-state index contributed by atoms with van der Waals surface area (Å²) in [7, 11) is 1.62. The van der Waals surface area contributed by atoms with Crippen LogP contribution in [0.15, 0.2) is 18.2 Å². The highest BCUT2D eigenvalue weighted by molar-refractivity contribution is 6.07. The molecule has 0 atom stereocenters. The number of piperidine rings is 1. The number of carboxylic acids is 1. The van der Waals surface area contributed by atoms with Crippen LogP contribution in [0.3, 0.4) is 0 Å². The molecule has 0 saturated carbocycles. The number of halogens is 3. The Kier molecular flexibility index (Phi) is 7.12. The Morgan fingerprint density at radius 2 is 1.83 bits per heavy atom. The Labute approximate surface area is 172 Å². The number of carboxylic acid groups (broad SMARTS) is 1. The van der Waals surface area contributed by atoms with Crippen LogP contribution in [0.1, 0.15) is 42.6 Å². The maximum absolute atomic E-state index is 12.7. The Bertz CT molecular complexity index is 816. The number of carbonyl (C=O) groups is 3. The number of anilines is 1. The standard InChI is InChI=1S/C18H25N3O2.C2HF3O2/c1-12(2)11-21-8-6-18(7-9-21)14-10-13(16(22)19-3)4-5-15(14)20-17(18)23;3-2(4,5)1(6)7/h4-5,10,12H,6-9,11H2,1-3H3,(H,19,22)(H,20,23);(H,6,7). The summed E-state index contributed by atoms with van der Waals surface area (Å²) in [6.07, 6.45) is -3.45. The number of alkyl halides is 3. The van der Waals surface area contributed by atoms with E-state index in [2.05, 4.69) is 29.4 Å². The summed E-state index contributed by atoms with van der Waals surface area (Å²) >= 11 is 0. The Morgan fingerprint density at radius 3 is 2.30 bits per heavy atom. The van der Waals surface area contributed by atoms with Crippen LogP contribution in [0.4, 0.5) is 18.9 Å². The molecule has 2 heterocycles. The van der Waals surface area contributed by atoms with Gasteiger partial charge < -0.3 is 20.6 Å². The molecule has 0 radical (unpaired) electrons. The molecule has 0 unspecified atom stereocenters. The normalized spacial score (nSPS) is 17.8. The fourth-order valence-electron chi connectivity index (χ4n) is 3.83. The van der Waals surface area contributed by atoms with Gasteiger partial charge in [0.15, 0.2) is 0 Å².